The van der Waals surface area contributed by atoms with Crippen LogP contribution in [0.4, 0.5) is 11.4 Å². The van der Waals surface area contributed by atoms with E-state index in [1.807, 2.05) is 0 Å². The van der Waals surface area contributed by atoms with Gasteiger partial charge >= 0.3 is 5.97 Å². The third-order valence-electron chi connectivity index (χ3n) is 2.79. The summed E-state index contributed by atoms with van der Waals surface area (Å²) in [7, 11) is 0. The number of carboxylic acid groups (broad SMARTS) is 1. The number of benzene rings is 1. The number of anilines is 1. The average molecular weight is 291 g/mol. The zero-order valence-electron chi connectivity index (χ0n) is 11.0. The van der Waals surface area contributed by atoms with Crippen molar-refractivity contribution in [3.8, 4) is 0 Å². The Morgan fingerprint density at radius 3 is 2.90 bits per heavy atom. The van der Waals surface area contributed by atoms with E-state index in [0.29, 0.717) is 18.8 Å². The Hall–Kier alpha value is -2.97. The summed E-state index contributed by atoms with van der Waals surface area (Å²) >= 11 is 0. The van der Waals surface area contributed by atoms with Crippen molar-refractivity contribution in [1.29, 1.82) is 0 Å². The molecule has 0 spiro atoms. The Labute approximate surface area is 119 Å². The maximum atomic E-state index is 10.9. The van der Waals surface area contributed by atoms with Gasteiger partial charge in [0.15, 0.2) is 0 Å². The molecule has 2 rings (SSSR count). The molecule has 0 bridgehead atoms. The van der Waals surface area contributed by atoms with Crippen LogP contribution < -0.4 is 5.32 Å². The van der Waals surface area contributed by atoms with Gasteiger partial charge in [0.25, 0.3) is 5.69 Å². The Kier molecular flexibility index (Phi) is 4.44. The van der Waals surface area contributed by atoms with Crippen molar-refractivity contribution in [3.63, 3.8) is 0 Å². The summed E-state index contributed by atoms with van der Waals surface area (Å²) in [6.07, 6.45) is 4.08. The molecule has 1 heterocycles. The second kappa shape index (κ2) is 6.46. The minimum atomic E-state index is -1.32. The maximum Gasteiger partial charge on any atom is 0.342 e. The van der Waals surface area contributed by atoms with Gasteiger partial charge < -0.3 is 10.4 Å². The van der Waals surface area contributed by atoms with E-state index in [-0.39, 0.29) is 5.56 Å². The number of carbonyl (C=O) groups is 1. The van der Waals surface area contributed by atoms with E-state index in [2.05, 4.69) is 15.6 Å². The molecule has 0 unspecified atom stereocenters. The van der Waals surface area contributed by atoms with Crippen molar-refractivity contribution in [1.82, 2.24) is 15.0 Å². The number of hydrogen-bond acceptors (Lipinski definition) is 6. The highest BCUT2D eigenvalue weighted by atomic mass is 16.6. The van der Waals surface area contributed by atoms with Crippen LogP contribution in [0.15, 0.2) is 30.6 Å². The molecule has 110 valence electrons. The lowest BCUT2D eigenvalue weighted by Crippen LogP contribution is -2.08. The lowest BCUT2D eigenvalue weighted by atomic mass is 10.1. The summed E-state index contributed by atoms with van der Waals surface area (Å²) in [5, 5.41) is 30.2. The lowest BCUT2D eigenvalue weighted by Gasteiger charge is -2.07. The van der Waals surface area contributed by atoms with Gasteiger partial charge in [-0.2, -0.15) is 0 Å². The van der Waals surface area contributed by atoms with Gasteiger partial charge in [0.1, 0.15) is 5.56 Å². The number of hydrogen-bond donors (Lipinski definition) is 2. The van der Waals surface area contributed by atoms with Gasteiger partial charge in [-0.1, -0.05) is 5.21 Å². The molecule has 2 aromatic rings. The molecule has 0 atom stereocenters. The third kappa shape index (κ3) is 3.75. The summed E-state index contributed by atoms with van der Waals surface area (Å²) in [5.74, 6) is -1.32. The monoisotopic (exact) mass is 291 g/mol. The van der Waals surface area contributed by atoms with Crippen molar-refractivity contribution in [3.05, 3.63) is 46.3 Å². The topological polar surface area (TPSA) is 123 Å². The van der Waals surface area contributed by atoms with Gasteiger partial charge in [0, 0.05) is 31.0 Å². The van der Waals surface area contributed by atoms with E-state index in [1.54, 1.807) is 17.1 Å². The average Bonchev–Trinajstić information content (AvgIpc) is 2.96. The van der Waals surface area contributed by atoms with Crippen LogP contribution in [0.3, 0.4) is 0 Å². The number of aryl methyl sites for hydroxylation is 1. The molecule has 0 saturated carbocycles. The standard InChI is InChI=1S/C12H13N5O4/c18-12(19)10-3-2-9(8-11(10)17(20)21)13-4-1-6-16-7-5-14-15-16/h2-3,5,7-8,13H,1,4,6H2,(H,18,19). The highest BCUT2D eigenvalue weighted by molar-refractivity contribution is 5.93. The number of rotatable bonds is 7. The fourth-order valence-corrected chi connectivity index (χ4v) is 1.80. The van der Waals surface area contributed by atoms with E-state index in [9.17, 15) is 14.9 Å². The Morgan fingerprint density at radius 1 is 1.48 bits per heavy atom. The predicted molar refractivity (Wildman–Crippen MR) is 73.2 cm³/mol. The Morgan fingerprint density at radius 2 is 2.29 bits per heavy atom. The van der Waals surface area contributed by atoms with Crippen molar-refractivity contribution < 1.29 is 14.8 Å². The van der Waals surface area contributed by atoms with E-state index < -0.39 is 16.6 Å². The van der Waals surface area contributed by atoms with Gasteiger partial charge in [-0.3, -0.25) is 14.8 Å². The number of aromatic nitrogens is 3. The van der Waals surface area contributed by atoms with Gasteiger partial charge in [-0.05, 0) is 18.6 Å². The maximum absolute atomic E-state index is 10.9. The first-order valence-electron chi connectivity index (χ1n) is 6.17. The zero-order valence-corrected chi connectivity index (χ0v) is 11.0. The number of carboxylic acids is 1. The lowest BCUT2D eigenvalue weighted by molar-refractivity contribution is -0.385. The number of nitro groups is 1. The van der Waals surface area contributed by atoms with Crippen molar-refractivity contribution in [2.75, 3.05) is 11.9 Å². The summed E-state index contributed by atoms with van der Waals surface area (Å²) < 4.78 is 1.68. The second-order valence-corrected chi connectivity index (χ2v) is 4.24. The molecule has 0 aliphatic carbocycles. The molecule has 1 aromatic carbocycles. The molecular weight excluding hydrogens is 278 g/mol. The van der Waals surface area contributed by atoms with E-state index >= 15 is 0 Å². The molecule has 9 nitrogen and oxygen atoms in total. The van der Waals surface area contributed by atoms with Crippen LogP contribution in [0.25, 0.3) is 0 Å². The molecule has 0 radical (unpaired) electrons. The fourth-order valence-electron chi connectivity index (χ4n) is 1.80. The minimum Gasteiger partial charge on any atom is -0.477 e. The molecular formula is C12H13N5O4. The van der Waals surface area contributed by atoms with Gasteiger partial charge in [0.2, 0.25) is 0 Å². The van der Waals surface area contributed by atoms with Crippen LogP contribution in [-0.2, 0) is 6.54 Å². The smallest absolute Gasteiger partial charge is 0.342 e. The highest BCUT2D eigenvalue weighted by Crippen LogP contribution is 2.23. The van der Waals surface area contributed by atoms with Gasteiger partial charge in [-0.15, -0.1) is 5.10 Å². The normalized spacial score (nSPS) is 10.3. The third-order valence-corrected chi connectivity index (χ3v) is 2.79. The highest BCUT2D eigenvalue weighted by Gasteiger charge is 2.19. The van der Waals surface area contributed by atoms with Gasteiger partial charge in [0.05, 0.1) is 11.1 Å². The molecule has 0 amide bonds. The molecule has 1 aromatic heterocycles. The summed E-state index contributed by atoms with van der Waals surface area (Å²) in [6, 6.07) is 3.95. The van der Waals surface area contributed by atoms with Crippen molar-refractivity contribution >= 4 is 17.3 Å². The van der Waals surface area contributed by atoms with Gasteiger partial charge in [-0.25, -0.2) is 4.79 Å². The number of nitrogens with one attached hydrogen (secondary N) is 1. The van der Waals surface area contributed by atoms with Crippen LogP contribution in [-0.4, -0.2) is 37.5 Å². The largest absolute Gasteiger partial charge is 0.477 e. The van der Waals surface area contributed by atoms with Crippen LogP contribution in [0.2, 0.25) is 0 Å². The molecule has 0 saturated heterocycles. The van der Waals surface area contributed by atoms with Crippen LogP contribution in [0, 0.1) is 10.1 Å². The van der Waals surface area contributed by atoms with Crippen LogP contribution >= 0.6 is 0 Å². The molecule has 9 heteroatoms. The first-order valence-corrected chi connectivity index (χ1v) is 6.17. The fraction of sp³-hybridized carbons (Fsp3) is 0.250. The van der Waals surface area contributed by atoms with Crippen molar-refractivity contribution in [2.45, 2.75) is 13.0 Å². The van der Waals surface area contributed by atoms with E-state index in [0.717, 1.165) is 6.42 Å². The van der Waals surface area contributed by atoms with Crippen LogP contribution in [0.5, 0.6) is 0 Å². The Balaban J connectivity index is 1.95. The summed E-state index contributed by atoms with van der Waals surface area (Å²) in [4.78, 5) is 21.0. The molecule has 0 fully saturated rings. The molecule has 21 heavy (non-hydrogen) atoms. The predicted octanol–water partition coefficient (Wildman–Crippen LogP) is 1.39. The minimum absolute atomic E-state index is 0.326. The number of nitrogens with zero attached hydrogens (tertiary/aromatic N) is 4. The number of aromatic carboxylic acids is 1. The first-order chi connectivity index (χ1) is 10.1. The SMILES string of the molecule is O=C(O)c1ccc(NCCCn2ccnn2)cc1[N+](=O)[O-]. The molecule has 0 aliphatic heterocycles. The molecule has 2 N–H and O–H groups in total. The number of nitro benzene ring substituents is 1. The van der Waals surface area contributed by atoms with Crippen molar-refractivity contribution in [2.24, 2.45) is 0 Å². The van der Waals surface area contributed by atoms with E-state index in [4.69, 9.17) is 5.11 Å². The zero-order chi connectivity index (χ0) is 15.2. The quantitative estimate of drug-likeness (QED) is 0.448. The first kappa shape index (κ1) is 14.4. The Bertz CT molecular complexity index is 641. The molecule has 0 aliphatic rings. The summed E-state index contributed by atoms with van der Waals surface area (Å²) in [5.41, 5.74) is -0.248. The second-order valence-electron chi connectivity index (χ2n) is 4.24. The van der Waals surface area contributed by atoms with E-state index in [1.165, 1.54) is 18.2 Å². The summed E-state index contributed by atoms with van der Waals surface area (Å²) in [6.45, 7) is 1.24. The van der Waals surface area contributed by atoms with Crippen LogP contribution in [0.1, 0.15) is 16.8 Å².